The molecule has 2 nitrogen and oxygen atoms in total. The fourth-order valence-corrected chi connectivity index (χ4v) is 2.98. The SMILES string of the molecule is CC1CNc2ccccc2N1Cc1cc(Br)ccc1F. The predicted octanol–water partition coefficient (Wildman–Crippen LogP) is 4.41. The first-order chi connectivity index (χ1) is 9.65. The second-order valence-electron chi connectivity index (χ2n) is 5.11. The Morgan fingerprint density at radius 2 is 2.10 bits per heavy atom. The van der Waals surface area contributed by atoms with Gasteiger partial charge in [0.15, 0.2) is 0 Å². The maximum absolute atomic E-state index is 14.0. The molecule has 20 heavy (non-hydrogen) atoms. The zero-order valence-electron chi connectivity index (χ0n) is 11.2. The molecule has 0 saturated carbocycles. The topological polar surface area (TPSA) is 15.3 Å². The van der Waals surface area contributed by atoms with E-state index in [1.807, 2.05) is 18.2 Å². The highest BCUT2D eigenvalue weighted by Crippen LogP contribution is 2.32. The summed E-state index contributed by atoms with van der Waals surface area (Å²) in [6, 6.07) is 13.6. The number of nitrogens with zero attached hydrogens (tertiary/aromatic N) is 1. The van der Waals surface area contributed by atoms with E-state index in [1.54, 1.807) is 6.07 Å². The van der Waals surface area contributed by atoms with Gasteiger partial charge in [0.1, 0.15) is 5.82 Å². The molecule has 0 amide bonds. The van der Waals surface area contributed by atoms with Crippen LogP contribution < -0.4 is 10.2 Å². The minimum atomic E-state index is -0.156. The molecule has 0 aliphatic carbocycles. The van der Waals surface area contributed by atoms with Crippen molar-refractivity contribution in [3.63, 3.8) is 0 Å². The van der Waals surface area contributed by atoms with Crippen molar-refractivity contribution in [3.05, 3.63) is 58.3 Å². The average molecular weight is 335 g/mol. The first kappa shape index (κ1) is 13.4. The zero-order valence-corrected chi connectivity index (χ0v) is 12.8. The number of hydrogen-bond donors (Lipinski definition) is 1. The lowest BCUT2D eigenvalue weighted by atomic mass is 10.1. The Balaban J connectivity index is 1.95. The fourth-order valence-electron chi connectivity index (χ4n) is 2.57. The van der Waals surface area contributed by atoms with Crippen molar-refractivity contribution in [3.8, 4) is 0 Å². The number of benzene rings is 2. The first-order valence-corrected chi connectivity index (χ1v) is 7.48. The van der Waals surface area contributed by atoms with Gasteiger partial charge >= 0.3 is 0 Å². The molecule has 0 bridgehead atoms. The molecule has 2 aromatic rings. The second-order valence-corrected chi connectivity index (χ2v) is 6.03. The Bertz CT molecular complexity index is 630. The van der Waals surface area contributed by atoms with Crippen molar-refractivity contribution in [1.29, 1.82) is 0 Å². The quantitative estimate of drug-likeness (QED) is 0.875. The maximum atomic E-state index is 14.0. The molecule has 1 N–H and O–H groups in total. The van der Waals surface area contributed by atoms with Gasteiger partial charge in [0.2, 0.25) is 0 Å². The summed E-state index contributed by atoms with van der Waals surface area (Å²) in [5.41, 5.74) is 2.95. The third kappa shape index (κ3) is 2.52. The van der Waals surface area contributed by atoms with Crippen molar-refractivity contribution < 1.29 is 4.39 Å². The van der Waals surface area contributed by atoms with E-state index in [9.17, 15) is 4.39 Å². The number of hydrogen-bond acceptors (Lipinski definition) is 2. The van der Waals surface area contributed by atoms with E-state index in [-0.39, 0.29) is 5.82 Å². The fraction of sp³-hybridized carbons (Fsp3) is 0.250. The van der Waals surface area contributed by atoms with Gasteiger partial charge in [-0.3, -0.25) is 0 Å². The van der Waals surface area contributed by atoms with Gasteiger partial charge in [-0.1, -0.05) is 28.1 Å². The number of nitrogens with one attached hydrogen (secondary N) is 1. The Labute approximate surface area is 126 Å². The summed E-state index contributed by atoms with van der Waals surface area (Å²) in [5, 5.41) is 3.41. The predicted molar refractivity (Wildman–Crippen MR) is 84.7 cm³/mol. The molecule has 0 spiro atoms. The van der Waals surface area contributed by atoms with Crippen LogP contribution in [0.3, 0.4) is 0 Å². The Kier molecular flexibility index (Phi) is 3.66. The van der Waals surface area contributed by atoms with E-state index < -0.39 is 0 Å². The summed E-state index contributed by atoms with van der Waals surface area (Å²) in [6.07, 6.45) is 0. The van der Waals surface area contributed by atoms with Crippen LogP contribution in [0, 0.1) is 5.82 Å². The highest BCUT2D eigenvalue weighted by molar-refractivity contribution is 9.10. The van der Waals surface area contributed by atoms with Crippen molar-refractivity contribution in [2.45, 2.75) is 19.5 Å². The van der Waals surface area contributed by atoms with Crippen molar-refractivity contribution in [2.24, 2.45) is 0 Å². The third-order valence-corrected chi connectivity index (χ3v) is 4.18. The summed E-state index contributed by atoms with van der Waals surface area (Å²) in [5.74, 6) is -0.156. The van der Waals surface area contributed by atoms with Crippen LogP contribution in [-0.2, 0) is 6.54 Å². The lowest BCUT2D eigenvalue weighted by Gasteiger charge is -2.37. The molecule has 3 rings (SSSR count). The number of para-hydroxylation sites is 2. The largest absolute Gasteiger partial charge is 0.381 e. The Morgan fingerprint density at radius 3 is 2.95 bits per heavy atom. The standard InChI is InChI=1S/C16H16BrFN2/c1-11-9-19-15-4-2-3-5-16(15)20(11)10-12-8-13(17)6-7-14(12)18/h2-8,11,19H,9-10H2,1H3. The highest BCUT2D eigenvalue weighted by atomic mass is 79.9. The van der Waals surface area contributed by atoms with Gasteiger partial charge in [-0.05, 0) is 37.3 Å². The van der Waals surface area contributed by atoms with Gasteiger partial charge in [0.05, 0.1) is 11.4 Å². The lowest BCUT2D eigenvalue weighted by Crippen LogP contribution is -2.41. The number of anilines is 2. The van der Waals surface area contributed by atoms with E-state index in [4.69, 9.17) is 0 Å². The van der Waals surface area contributed by atoms with Crippen LogP contribution in [0.1, 0.15) is 12.5 Å². The molecule has 0 saturated heterocycles. The summed E-state index contributed by atoms with van der Waals surface area (Å²) in [6.45, 7) is 3.59. The monoisotopic (exact) mass is 334 g/mol. The number of fused-ring (bicyclic) bond motifs is 1. The van der Waals surface area contributed by atoms with Gasteiger partial charge in [-0.25, -0.2) is 4.39 Å². The van der Waals surface area contributed by atoms with E-state index in [2.05, 4.69) is 45.2 Å². The van der Waals surface area contributed by atoms with Gasteiger partial charge in [0.25, 0.3) is 0 Å². The zero-order chi connectivity index (χ0) is 14.1. The highest BCUT2D eigenvalue weighted by Gasteiger charge is 2.23. The Morgan fingerprint density at radius 1 is 1.30 bits per heavy atom. The smallest absolute Gasteiger partial charge is 0.128 e. The van der Waals surface area contributed by atoms with Gasteiger partial charge < -0.3 is 10.2 Å². The van der Waals surface area contributed by atoms with Crippen LogP contribution in [0.4, 0.5) is 15.8 Å². The maximum Gasteiger partial charge on any atom is 0.128 e. The molecule has 0 radical (unpaired) electrons. The van der Waals surface area contributed by atoms with Crippen molar-refractivity contribution in [2.75, 3.05) is 16.8 Å². The lowest BCUT2D eigenvalue weighted by molar-refractivity contribution is 0.584. The van der Waals surface area contributed by atoms with Crippen LogP contribution in [0.2, 0.25) is 0 Å². The van der Waals surface area contributed by atoms with Gasteiger partial charge in [-0.15, -0.1) is 0 Å². The molecule has 1 aliphatic rings. The molecule has 4 heteroatoms. The van der Waals surface area contributed by atoms with E-state index in [0.29, 0.717) is 18.2 Å². The van der Waals surface area contributed by atoms with E-state index in [1.165, 1.54) is 6.07 Å². The first-order valence-electron chi connectivity index (χ1n) is 6.68. The van der Waals surface area contributed by atoms with Crippen LogP contribution in [0.15, 0.2) is 46.9 Å². The molecule has 1 aliphatic heterocycles. The summed E-state index contributed by atoms with van der Waals surface area (Å²) in [7, 11) is 0. The molecular formula is C16H16BrFN2. The summed E-state index contributed by atoms with van der Waals surface area (Å²) in [4.78, 5) is 2.25. The second kappa shape index (κ2) is 5.44. The average Bonchev–Trinajstić information content (AvgIpc) is 2.46. The number of halogens is 2. The molecule has 0 aromatic heterocycles. The van der Waals surface area contributed by atoms with Crippen molar-refractivity contribution >= 4 is 27.3 Å². The van der Waals surface area contributed by atoms with Gasteiger partial charge in [-0.2, -0.15) is 0 Å². The molecular weight excluding hydrogens is 319 g/mol. The molecule has 1 heterocycles. The summed E-state index contributed by atoms with van der Waals surface area (Å²) < 4.78 is 14.9. The minimum absolute atomic E-state index is 0.156. The number of rotatable bonds is 2. The van der Waals surface area contributed by atoms with Crippen LogP contribution in [0.25, 0.3) is 0 Å². The van der Waals surface area contributed by atoms with Gasteiger partial charge in [0, 0.05) is 29.2 Å². The summed E-state index contributed by atoms with van der Waals surface area (Å²) >= 11 is 3.41. The minimum Gasteiger partial charge on any atom is -0.381 e. The molecule has 1 unspecified atom stereocenters. The van der Waals surface area contributed by atoms with E-state index >= 15 is 0 Å². The molecule has 2 aromatic carbocycles. The van der Waals surface area contributed by atoms with Crippen molar-refractivity contribution in [1.82, 2.24) is 0 Å². The van der Waals surface area contributed by atoms with Crippen LogP contribution >= 0.6 is 15.9 Å². The third-order valence-electron chi connectivity index (χ3n) is 3.68. The van der Waals surface area contributed by atoms with Crippen LogP contribution in [-0.4, -0.2) is 12.6 Å². The van der Waals surface area contributed by atoms with E-state index in [0.717, 1.165) is 22.4 Å². The van der Waals surface area contributed by atoms with Crippen LogP contribution in [0.5, 0.6) is 0 Å². The normalized spacial score (nSPS) is 17.6. The molecule has 104 valence electrons. The molecule has 0 fully saturated rings. The molecule has 1 atom stereocenters. The Hall–Kier alpha value is -1.55.